The lowest BCUT2D eigenvalue weighted by molar-refractivity contribution is -0.127. The first-order valence-corrected chi connectivity index (χ1v) is 9.89. The SMILES string of the molecule is O=C1CCCN1CCCNCc1ccc(Oc2nnnn2-c2ccccc2)cc1. The van der Waals surface area contributed by atoms with Gasteiger partial charge in [0.05, 0.1) is 5.69 Å². The molecule has 0 aliphatic carbocycles. The summed E-state index contributed by atoms with van der Waals surface area (Å²) in [5.41, 5.74) is 2.00. The first-order valence-electron chi connectivity index (χ1n) is 9.89. The molecule has 0 radical (unpaired) electrons. The van der Waals surface area contributed by atoms with Gasteiger partial charge in [-0.15, -0.1) is 0 Å². The molecule has 1 aliphatic rings. The summed E-state index contributed by atoms with van der Waals surface area (Å²) in [6.45, 7) is 3.41. The molecule has 150 valence electrons. The third-order valence-electron chi connectivity index (χ3n) is 4.86. The summed E-state index contributed by atoms with van der Waals surface area (Å²) in [6.07, 6.45) is 2.67. The van der Waals surface area contributed by atoms with E-state index in [0.717, 1.165) is 50.3 Å². The predicted octanol–water partition coefficient (Wildman–Crippen LogP) is 2.56. The molecule has 1 fully saturated rings. The van der Waals surface area contributed by atoms with Crippen LogP contribution in [0.4, 0.5) is 0 Å². The normalized spacial score (nSPS) is 13.8. The van der Waals surface area contributed by atoms with Gasteiger partial charge < -0.3 is 15.0 Å². The lowest BCUT2D eigenvalue weighted by Gasteiger charge is -2.15. The van der Waals surface area contributed by atoms with Crippen LogP contribution in [0.3, 0.4) is 0 Å². The highest BCUT2D eigenvalue weighted by molar-refractivity contribution is 5.77. The number of hydrogen-bond donors (Lipinski definition) is 1. The molecule has 0 saturated carbocycles. The van der Waals surface area contributed by atoms with Gasteiger partial charge in [-0.05, 0) is 59.6 Å². The third-order valence-corrected chi connectivity index (χ3v) is 4.86. The number of rotatable bonds is 9. The number of ether oxygens (including phenoxy) is 1. The molecule has 1 saturated heterocycles. The standard InChI is InChI=1S/C21H24N6O2/c28-20-8-4-14-26(20)15-5-13-22-16-17-9-11-19(12-10-17)29-21-23-24-25-27(21)18-6-2-1-3-7-18/h1-3,6-7,9-12,22H,4-5,8,13-16H2. The number of benzene rings is 2. The van der Waals surface area contributed by atoms with Crippen LogP contribution in [-0.2, 0) is 11.3 Å². The summed E-state index contributed by atoms with van der Waals surface area (Å²) in [6, 6.07) is 17.8. The van der Waals surface area contributed by atoms with Crippen LogP contribution in [0.2, 0.25) is 0 Å². The molecule has 4 rings (SSSR count). The van der Waals surface area contributed by atoms with Crippen molar-refractivity contribution in [1.82, 2.24) is 30.4 Å². The Morgan fingerprint density at radius 3 is 2.66 bits per heavy atom. The summed E-state index contributed by atoms with van der Waals surface area (Å²) in [5, 5.41) is 15.1. The molecule has 3 aromatic rings. The minimum Gasteiger partial charge on any atom is -0.423 e. The number of aromatic nitrogens is 4. The molecule has 29 heavy (non-hydrogen) atoms. The summed E-state index contributed by atoms with van der Waals surface area (Å²) >= 11 is 0. The van der Waals surface area contributed by atoms with Crippen LogP contribution in [0.1, 0.15) is 24.8 Å². The number of nitrogens with zero attached hydrogens (tertiary/aromatic N) is 5. The second-order valence-corrected chi connectivity index (χ2v) is 6.97. The third kappa shape index (κ3) is 4.97. The zero-order valence-corrected chi connectivity index (χ0v) is 16.2. The Morgan fingerprint density at radius 1 is 1.07 bits per heavy atom. The van der Waals surface area contributed by atoms with E-state index in [2.05, 4.69) is 20.8 Å². The van der Waals surface area contributed by atoms with Crippen LogP contribution >= 0.6 is 0 Å². The van der Waals surface area contributed by atoms with Gasteiger partial charge in [0.25, 0.3) is 0 Å². The molecule has 1 amide bonds. The van der Waals surface area contributed by atoms with Gasteiger partial charge >= 0.3 is 6.01 Å². The lowest BCUT2D eigenvalue weighted by atomic mass is 10.2. The number of carbonyl (C=O) groups excluding carboxylic acids is 1. The van der Waals surface area contributed by atoms with Gasteiger partial charge in [0.1, 0.15) is 5.75 Å². The van der Waals surface area contributed by atoms with E-state index in [1.165, 1.54) is 0 Å². The van der Waals surface area contributed by atoms with Gasteiger partial charge in [-0.1, -0.05) is 35.4 Å². The predicted molar refractivity (Wildman–Crippen MR) is 108 cm³/mol. The van der Waals surface area contributed by atoms with E-state index in [0.29, 0.717) is 24.1 Å². The minimum atomic E-state index is 0.291. The van der Waals surface area contributed by atoms with Crippen molar-refractivity contribution in [3.05, 3.63) is 60.2 Å². The molecule has 8 nitrogen and oxygen atoms in total. The van der Waals surface area contributed by atoms with E-state index in [4.69, 9.17) is 4.74 Å². The van der Waals surface area contributed by atoms with Gasteiger partial charge in [0, 0.05) is 26.1 Å². The zero-order valence-electron chi connectivity index (χ0n) is 16.2. The fraction of sp³-hybridized carbons (Fsp3) is 0.333. The highest BCUT2D eigenvalue weighted by Gasteiger charge is 2.18. The lowest BCUT2D eigenvalue weighted by Crippen LogP contribution is -2.28. The van der Waals surface area contributed by atoms with Gasteiger partial charge in [-0.3, -0.25) is 4.79 Å². The average Bonchev–Trinajstić information content (AvgIpc) is 3.38. The number of para-hydroxylation sites is 1. The van der Waals surface area contributed by atoms with E-state index in [9.17, 15) is 4.79 Å². The van der Waals surface area contributed by atoms with E-state index < -0.39 is 0 Å². The average molecular weight is 392 g/mol. The Kier molecular flexibility index (Phi) is 6.11. The van der Waals surface area contributed by atoms with E-state index in [1.807, 2.05) is 59.5 Å². The van der Waals surface area contributed by atoms with Crippen molar-refractivity contribution in [2.24, 2.45) is 0 Å². The maximum absolute atomic E-state index is 11.6. The van der Waals surface area contributed by atoms with Gasteiger partial charge in [-0.25, -0.2) is 0 Å². The molecular formula is C21H24N6O2. The van der Waals surface area contributed by atoms with Crippen molar-refractivity contribution < 1.29 is 9.53 Å². The molecule has 0 unspecified atom stereocenters. The topological polar surface area (TPSA) is 85.2 Å². The molecule has 0 bridgehead atoms. The minimum absolute atomic E-state index is 0.291. The van der Waals surface area contributed by atoms with Crippen LogP contribution in [-0.4, -0.2) is 50.6 Å². The van der Waals surface area contributed by atoms with Crippen molar-refractivity contribution in [1.29, 1.82) is 0 Å². The molecule has 1 N–H and O–H groups in total. The number of likely N-dealkylation sites (tertiary alicyclic amines) is 1. The molecule has 0 spiro atoms. The maximum Gasteiger partial charge on any atom is 0.345 e. The van der Waals surface area contributed by atoms with Crippen molar-refractivity contribution in [2.45, 2.75) is 25.8 Å². The number of nitrogens with one attached hydrogen (secondary N) is 1. The summed E-state index contributed by atoms with van der Waals surface area (Å²) in [4.78, 5) is 13.5. The van der Waals surface area contributed by atoms with Gasteiger partial charge in [-0.2, -0.15) is 4.68 Å². The largest absolute Gasteiger partial charge is 0.423 e. The highest BCUT2D eigenvalue weighted by atomic mass is 16.5. The fourth-order valence-corrected chi connectivity index (χ4v) is 3.32. The van der Waals surface area contributed by atoms with Gasteiger partial charge in [0.15, 0.2) is 0 Å². The Bertz CT molecular complexity index is 926. The van der Waals surface area contributed by atoms with Crippen LogP contribution in [0.15, 0.2) is 54.6 Å². The Morgan fingerprint density at radius 2 is 1.90 bits per heavy atom. The quantitative estimate of drug-likeness (QED) is 0.564. The summed E-state index contributed by atoms with van der Waals surface area (Å²) in [5.74, 6) is 0.965. The van der Waals surface area contributed by atoms with Crippen molar-refractivity contribution >= 4 is 5.91 Å². The van der Waals surface area contributed by atoms with Crippen LogP contribution in [0.5, 0.6) is 11.8 Å². The van der Waals surface area contributed by atoms with Crippen molar-refractivity contribution in [3.8, 4) is 17.4 Å². The first-order chi connectivity index (χ1) is 14.3. The molecule has 1 aliphatic heterocycles. The number of tetrazole rings is 1. The maximum atomic E-state index is 11.6. The van der Waals surface area contributed by atoms with Crippen molar-refractivity contribution in [3.63, 3.8) is 0 Å². The Labute approximate surface area is 169 Å². The molecule has 2 heterocycles. The molecular weight excluding hydrogens is 368 g/mol. The van der Waals surface area contributed by atoms with Crippen LogP contribution in [0, 0.1) is 0 Å². The summed E-state index contributed by atoms with van der Waals surface area (Å²) < 4.78 is 7.39. The smallest absolute Gasteiger partial charge is 0.345 e. The molecule has 0 atom stereocenters. The molecule has 8 heteroatoms. The Hall–Kier alpha value is -3.26. The second-order valence-electron chi connectivity index (χ2n) is 6.97. The van der Waals surface area contributed by atoms with Gasteiger partial charge in [0.2, 0.25) is 5.91 Å². The monoisotopic (exact) mass is 392 g/mol. The first kappa shape index (κ1) is 19.1. The van der Waals surface area contributed by atoms with Crippen molar-refractivity contribution in [2.75, 3.05) is 19.6 Å². The highest BCUT2D eigenvalue weighted by Crippen LogP contribution is 2.21. The number of carbonyl (C=O) groups is 1. The second kappa shape index (κ2) is 9.29. The summed E-state index contributed by atoms with van der Waals surface area (Å²) in [7, 11) is 0. The van der Waals surface area contributed by atoms with E-state index in [-0.39, 0.29) is 0 Å². The van der Waals surface area contributed by atoms with E-state index >= 15 is 0 Å². The number of hydrogen-bond acceptors (Lipinski definition) is 6. The van der Waals surface area contributed by atoms with Crippen LogP contribution < -0.4 is 10.1 Å². The Balaban J connectivity index is 1.25. The zero-order chi connectivity index (χ0) is 19.9. The fourth-order valence-electron chi connectivity index (χ4n) is 3.32. The van der Waals surface area contributed by atoms with E-state index in [1.54, 1.807) is 4.68 Å². The molecule has 1 aromatic heterocycles. The number of amides is 1. The van der Waals surface area contributed by atoms with Crippen LogP contribution in [0.25, 0.3) is 5.69 Å². The molecule has 2 aromatic carbocycles.